The second kappa shape index (κ2) is 5.83. The molecular weight excluding hydrogens is 226 g/mol. The molecule has 1 fully saturated rings. The van der Waals surface area contributed by atoms with Crippen LogP contribution in [0.25, 0.3) is 0 Å². The van der Waals surface area contributed by atoms with Gasteiger partial charge in [-0.1, -0.05) is 38.1 Å². The lowest BCUT2D eigenvalue weighted by molar-refractivity contribution is 0.0259. The maximum Gasteiger partial charge on any atom is 0.0952 e. The van der Waals surface area contributed by atoms with Crippen molar-refractivity contribution in [2.45, 2.75) is 25.4 Å². The molecule has 0 amide bonds. The summed E-state index contributed by atoms with van der Waals surface area (Å²) in [4.78, 5) is 0. The zero-order chi connectivity index (χ0) is 13.0. The number of hydrogen-bond donors (Lipinski definition) is 1. The molecule has 0 bridgehead atoms. The van der Waals surface area contributed by atoms with Gasteiger partial charge in [-0.15, -0.1) is 0 Å². The molecule has 0 aliphatic carbocycles. The van der Waals surface area contributed by atoms with Crippen molar-refractivity contribution in [3.05, 3.63) is 35.4 Å². The second-order valence-corrected chi connectivity index (χ2v) is 5.47. The van der Waals surface area contributed by atoms with Crippen LogP contribution in [0.2, 0.25) is 0 Å². The summed E-state index contributed by atoms with van der Waals surface area (Å²) in [5, 5.41) is 3.39. The second-order valence-electron chi connectivity index (χ2n) is 5.47. The van der Waals surface area contributed by atoms with E-state index in [0.717, 1.165) is 19.7 Å². The number of nitrogens with one attached hydrogen (secondary N) is 1. The van der Waals surface area contributed by atoms with Gasteiger partial charge in [-0.25, -0.2) is 0 Å². The van der Waals surface area contributed by atoms with E-state index in [9.17, 15) is 0 Å². The summed E-state index contributed by atoms with van der Waals surface area (Å²) in [7, 11) is 1.75. The van der Waals surface area contributed by atoms with Gasteiger partial charge >= 0.3 is 0 Å². The first-order chi connectivity index (χ1) is 8.65. The van der Waals surface area contributed by atoms with Crippen LogP contribution in [0, 0.1) is 0 Å². The minimum atomic E-state index is 0.00610. The molecule has 0 spiro atoms. The standard InChI is InChI=1S/C15H23NO2/c1-15(2,11-17-3)13-7-5-4-6-12(13)14-10-16-8-9-18-14/h4-7,14,16H,8-11H2,1-3H3. The topological polar surface area (TPSA) is 30.5 Å². The van der Waals surface area contributed by atoms with Gasteiger partial charge in [0.1, 0.15) is 0 Å². The van der Waals surface area contributed by atoms with Gasteiger partial charge in [-0.05, 0) is 11.1 Å². The quantitative estimate of drug-likeness (QED) is 0.888. The van der Waals surface area contributed by atoms with E-state index in [1.165, 1.54) is 11.1 Å². The number of benzene rings is 1. The third kappa shape index (κ3) is 2.91. The highest BCUT2D eigenvalue weighted by Crippen LogP contribution is 2.32. The molecule has 1 N–H and O–H groups in total. The summed E-state index contributed by atoms with van der Waals surface area (Å²) in [6.45, 7) is 7.76. The molecule has 1 atom stereocenters. The van der Waals surface area contributed by atoms with Gasteiger partial charge in [0.2, 0.25) is 0 Å². The van der Waals surface area contributed by atoms with E-state index in [1.54, 1.807) is 7.11 Å². The first-order valence-corrected chi connectivity index (χ1v) is 6.56. The Kier molecular flexibility index (Phi) is 4.38. The van der Waals surface area contributed by atoms with Crippen molar-refractivity contribution in [3.8, 4) is 0 Å². The fraction of sp³-hybridized carbons (Fsp3) is 0.600. The highest BCUT2D eigenvalue weighted by atomic mass is 16.5. The zero-order valence-electron chi connectivity index (χ0n) is 11.5. The van der Waals surface area contributed by atoms with Crippen LogP contribution in [0.15, 0.2) is 24.3 Å². The normalized spacial score (nSPS) is 20.9. The molecule has 2 rings (SSSR count). The smallest absolute Gasteiger partial charge is 0.0952 e. The number of morpholine rings is 1. The Morgan fingerprint density at radius 1 is 1.39 bits per heavy atom. The fourth-order valence-electron chi connectivity index (χ4n) is 2.60. The summed E-state index contributed by atoms with van der Waals surface area (Å²) >= 11 is 0. The molecule has 1 aromatic carbocycles. The van der Waals surface area contributed by atoms with Gasteiger partial charge in [-0.2, -0.15) is 0 Å². The minimum Gasteiger partial charge on any atom is -0.384 e. The predicted octanol–water partition coefficient (Wildman–Crippen LogP) is 2.27. The number of ether oxygens (including phenoxy) is 2. The van der Waals surface area contributed by atoms with Crippen molar-refractivity contribution in [2.24, 2.45) is 0 Å². The molecule has 0 radical (unpaired) electrons. The minimum absolute atomic E-state index is 0.00610. The summed E-state index contributed by atoms with van der Waals surface area (Å²) in [5.41, 5.74) is 2.61. The van der Waals surface area contributed by atoms with Crippen molar-refractivity contribution in [2.75, 3.05) is 33.4 Å². The Morgan fingerprint density at radius 2 is 2.17 bits per heavy atom. The summed E-state index contributed by atoms with van der Waals surface area (Å²) < 4.78 is 11.2. The Morgan fingerprint density at radius 3 is 2.83 bits per heavy atom. The monoisotopic (exact) mass is 249 g/mol. The Balaban J connectivity index is 2.29. The summed E-state index contributed by atoms with van der Waals surface area (Å²) in [6.07, 6.45) is 0.158. The molecule has 0 saturated carbocycles. The van der Waals surface area contributed by atoms with Gasteiger partial charge in [0.05, 0.1) is 19.3 Å². The third-order valence-electron chi connectivity index (χ3n) is 3.47. The highest BCUT2D eigenvalue weighted by Gasteiger charge is 2.27. The van der Waals surface area contributed by atoms with Crippen LogP contribution in [0.5, 0.6) is 0 Å². The van der Waals surface area contributed by atoms with Crippen LogP contribution >= 0.6 is 0 Å². The van der Waals surface area contributed by atoms with Crippen molar-refractivity contribution >= 4 is 0 Å². The van der Waals surface area contributed by atoms with Crippen molar-refractivity contribution < 1.29 is 9.47 Å². The van der Waals surface area contributed by atoms with Crippen molar-refractivity contribution in [1.29, 1.82) is 0 Å². The van der Waals surface area contributed by atoms with E-state index in [1.807, 2.05) is 0 Å². The van der Waals surface area contributed by atoms with Crippen LogP contribution < -0.4 is 5.32 Å². The highest BCUT2D eigenvalue weighted by molar-refractivity contribution is 5.35. The lowest BCUT2D eigenvalue weighted by Gasteiger charge is -2.32. The Hall–Kier alpha value is -0.900. The molecular formula is C15H23NO2. The van der Waals surface area contributed by atoms with Crippen molar-refractivity contribution in [3.63, 3.8) is 0 Å². The van der Waals surface area contributed by atoms with E-state index in [2.05, 4.69) is 43.4 Å². The SMILES string of the molecule is COCC(C)(C)c1ccccc1C1CNCCO1. The first-order valence-electron chi connectivity index (χ1n) is 6.56. The molecule has 1 aliphatic rings. The lowest BCUT2D eigenvalue weighted by atomic mass is 9.81. The van der Waals surface area contributed by atoms with Crippen LogP contribution in [0.4, 0.5) is 0 Å². The van der Waals surface area contributed by atoms with E-state index in [4.69, 9.17) is 9.47 Å². The van der Waals surface area contributed by atoms with Crippen LogP contribution in [-0.4, -0.2) is 33.4 Å². The van der Waals surface area contributed by atoms with Gasteiger partial charge in [-0.3, -0.25) is 0 Å². The summed E-state index contributed by atoms with van der Waals surface area (Å²) in [5.74, 6) is 0. The molecule has 3 heteroatoms. The molecule has 100 valence electrons. The van der Waals surface area contributed by atoms with Gasteiger partial charge in [0.15, 0.2) is 0 Å². The molecule has 3 nitrogen and oxygen atoms in total. The van der Waals surface area contributed by atoms with Gasteiger partial charge in [0.25, 0.3) is 0 Å². The summed E-state index contributed by atoms with van der Waals surface area (Å²) in [6, 6.07) is 8.53. The number of rotatable bonds is 4. The van der Waals surface area contributed by atoms with E-state index >= 15 is 0 Å². The zero-order valence-corrected chi connectivity index (χ0v) is 11.5. The average Bonchev–Trinajstić information content (AvgIpc) is 2.40. The molecule has 18 heavy (non-hydrogen) atoms. The lowest BCUT2D eigenvalue weighted by Crippen LogP contribution is -2.35. The van der Waals surface area contributed by atoms with Crippen LogP contribution in [-0.2, 0) is 14.9 Å². The third-order valence-corrected chi connectivity index (χ3v) is 3.47. The predicted molar refractivity (Wildman–Crippen MR) is 72.9 cm³/mol. The van der Waals surface area contributed by atoms with E-state index < -0.39 is 0 Å². The van der Waals surface area contributed by atoms with Crippen LogP contribution in [0.3, 0.4) is 0 Å². The largest absolute Gasteiger partial charge is 0.384 e. The molecule has 1 unspecified atom stereocenters. The average molecular weight is 249 g/mol. The van der Waals surface area contributed by atoms with Gasteiger partial charge < -0.3 is 14.8 Å². The molecule has 1 saturated heterocycles. The maximum atomic E-state index is 5.87. The molecule has 0 aromatic heterocycles. The maximum absolute atomic E-state index is 5.87. The van der Waals surface area contributed by atoms with Crippen LogP contribution in [0.1, 0.15) is 31.1 Å². The number of hydrogen-bond acceptors (Lipinski definition) is 3. The fourth-order valence-corrected chi connectivity index (χ4v) is 2.60. The van der Waals surface area contributed by atoms with E-state index in [-0.39, 0.29) is 11.5 Å². The van der Waals surface area contributed by atoms with Crippen molar-refractivity contribution in [1.82, 2.24) is 5.32 Å². The Bertz CT molecular complexity index is 384. The molecule has 1 aliphatic heterocycles. The number of methoxy groups -OCH3 is 1. The van der Waals surface area contributed by atoms with E-state index in [0.29, 0.717) is 6.61 Å². The Labute approximate surface area is 109 Å². The first kappa shape index (κ1) is 13.5. The molecule has 1 heterocycles. The molecule has 1 aromatic rings. The van der Waals surface area contributed by atoms with Gasteiger partial charge in [0, 0.05) is 25.6 Å².